The molecule has 8 nitrogen and oxygen atoms in total. The van der Waals surface area contributed by atoms with E-state index in [-0.39, 0.29) is 11.7 Å². The predicted molar refractivity (Wildman–Crippen MR) is 136 cm³/mol. The first-order chi connectivity index (χ1) is 17.2. The normalized spacial score (nSPS) is 22.3. The number of hydrogen-bond donors (Lipinski definition) is 1. The summed E-state index contributed by atoms with van der Waals surface area (Å²) in [5, 5.41) is 10.5. The average molecular weight is 506 g/mol. The number of ether oxygens (including phenoxy) is 2. The highest BCUT2D eigenvalue weighted by molar-refractivity contribution is 6.33. The van der Waals surface area contributed by atoms with Crippen molar-refractivity contribution in [2.45, 2.75) is 70.3 Å². The maximum atomic E-state index is 10.0. The van der Waals surface area contributed by atoms with Crippen LogP contribution in [0.5, 0.6) is 11.6 Å². The summed E-state index contributed by atoms with van der Waals surface area (Å²) in [5.41, 5.74) is 3.17. The summed E-state index contributed by atoms with van der Waals surface area (Å²) >= 11 is 6.78. The number of aromatic nitrogens is 5. The lowest BCUT2D eigenvalue weighted by Gasteiger charge is -2.40. The first-order valence-corrected chi connectivity index (χ1v) is 12.6. The summed E-state index contributed by atoms with van der Waals surface area (Å²) in [7, 11) is 0. The average Bonchev–Trinajstić information content (AvgIpc) is 3.41. The molecule has 6 rings (SSSR count). The molecule has 36 heavy (non-hydrogen) atoms. The lowest BCUT2D eigenvalue weighted by Crippen LogP contribution is -2.47. The minimum atomic E-state index is -0.651. The Morgan fingerprint density at radius 3 is 2.61 bits per heavy atom. The van der Waals surface area contributed by atoms with E-state index in [1.165, 1.54) is 6.33 Å². The van der Waals surface area contributed by atoms with Crippen molar-refractivity contribution in [3.63, 3.8) is 0 Å². The molecule has 3 aromatic heterocycles. The summed E-state index contributed by atoms with van der Waals surface area (Å²) in [6, 6.07) is 9.61. The number of benzene rings is 1. The Balaban J connectivity index is 1.41. The van der Waals surface area contributed by atoms with Gasteiger partial charge in [-0.2, -0.15) is 4.98 Å². The van der Waals surface area contributed by atoms with Crippen molar-refractivity contribution < 1.29 is 14.6 Å². The molecular formula is C27H28ClN5O3. The molecule has 2 aliphatic carbocycles. The van der Waals surface area contributed by atoms with E-state index in [4.69, 9.17) is 26.1 Å². The molecule has 0 unspecified atom stereocenters. The first kappa shape index (κ1) is 23.2. The van der Waals surface area contributed by atoms with Crippen molar-refractivity contribution >= 4 is 22.8 Å². The Morgan fingerprint density at radius 2 is 1.92 bits per heavy atom. The van der Waals surface area contributed by atoms with Crippen molar-refractivity contribution in [3.05, 3.63) is 59.1 Å². The zero-order valence-electron chi connectivity index (χ0n) is 20.5. The molecular weight excluding hydrogens is 478 g/mol. The maximum Gasteiger partial charge on any atom is 0.245 e. The van der Waals surface area contributed by atoms with E-state index in [2.05, 4.69) is 21.9 Å². The van der Waals surface area contributed by atoms with Crippen molar-refractivity contribution in [2.24, 2.45) is 0 Å². The van der Waals surface area contributed by atoms with Crippen molar-refractivity contribution in [1.82, 2.24) is 24.5 Å². The van der Waals surface area contributed by atoms with Gasteiger partial charge in [-0.3, -0.25) is 4.98 Å². The summed E-state index contributed by atoms with van der Waals surface area (Å²) in [5.74, 6) is 1.80. The summed E-state index contributed by atoms with van der Waals surface area (Å²) in [6.45, 7) is 6.40. The summed E-state index contributed by atoms with van der Waals surface area (Å²) in [6.07, 6.45) is 6.49. The minimum Gasteiger partial charge on any atom is -0.490 e. The van der Waals surface area contributed by atoms with E-state index < -0.39 is 5.60 Å². The third-order valence-corrected chi connectivity index (χ3v) is 7.22. The van der Waals surface area contributed by atoms with Gasteiger partial charge in [-0.05, 0) is 69.5 Å². The van der Waals surface area contributed by atoms with Gasteiger partial charge in [0.05, 0.1) is 22.9 Å². The second-order valence-corrected chi connectivity index (χ2v) is 10.9. The third-order valence-electron chi connectivity index (χ3n) is 6.91. The Labute approximate surface area is 214 Å². The highest BCUT2D eigenvalue weighted by Gasteiger charge is 2.41. The second-order valence-electron chi connectivity index (χ2n) is 10.5. The molecule has 0 bridgehead atoms. The van der Waals surface area contributed by atoms with E-state index in [1.54, 1.807) is 12.3 Å². The van der Waals surface area contributed by atoms with Gasteiger partial charge in [-0.1, -0.05) is 11.6 Å². The van der Waals surface area contributed by atoms with Gasteiger partial charge in [0, 0.05) is 24.6 Å². The maximum absolute atomic E-state index is 10.0. The number of halogens is 1. The van der Waals surface area contributed by atoms with Crippen LogP contribution in [0.15, 0.2) is 42.9 Å². The predicted octanol–water partition coefficient (Wildman–Crippen LogP) is 5.12. The zero-order chi connectivity index (χ0) is 25.1. The van der Waals surface area contributed by atoms with Gasteiger partial charge in [0.15, 0.2) is 11.2 Å². The number of hydrogen-bond acceptors (Lipinski definition) is 7. The molecule has 0 amide bonds. The molecule has 0 saturated heterocycles. The van der Waals surface area contributed by atoms with E-state index in [9.17, 15) is 5.11 Å². The molecule has 9 heteroatoms. The van der Waals surface area contributed by atoms with Crippen LogP contribution in [0.25, 0.3) is 22.6 Å². The van der Waals surface area contributed by atoms with Gasteiger partial charge in [0.2, 0.25) is 5.88 Å². The standard InChI is InChI=1S/C27H28ClN5O3/c1-16-6-9-29-17(10-16)14-33-23(32-22-24(33)30-15-31-25(22)36-27(3)7-8-27)20-5-4-18(11-21(20)28)35-19-12-26(2,34)13-19/h4-6,9-11,15,19,34H,7-8,12-14H2,1-3H3. The fourth-order valence-electron chi connectivity index (χ4n) is 4.65. The van der Waals surface area contributed by atoms with Crippen molar-refractivity contribution in [2.75, 3.05) is 0 Å². The molecule has 3 heterocycles. The van der Waals surface area contributed by atoms with E-state index in [0.29, 0.717) is 53.0 Å². The highest BCUT2D eigenvalue weighted by atomic mass is 35.5. The van der Waals surface area contributed by atoms with Crippen LogP contribution in [-0.4, -0.2) is 46.9 Å². The van der Waals surface area contributed by atoms with Gasteiger partial charge in [0.25, 0.3) is 0 Å². The molecule has 2 fully saturated rings. The second kappa shape index (κ2) is 8.42. The Hall–Kier alpha value is -3.23. The highest BCUT2D eigenvalue weighted by Crippen LogP contribution is 2.42. The van der Waals surface area contributed by atoms with Crippen LogP contribution < -0.4 is 9.47 Å². The van der Waals surface area contributed by atoms with Crippen LogP contribution in [0, 0.1) is 6.92 Å². The quantitative estimate of drug-likeness (QED) is 0.372. The van der Waals surface area contributed by atoms with E-state index >= 15 is 0 Å². The van der Waals surface area contributed by atoms with Crippen LogP contribution in [-0.2, 0) is 6.54 Å². The number of pyridine rings is 1. The molecule has 0 atom stereocenters. The van der Waals surface area contributed by atoms with Crippen molar-refractivity contribution in [3.8, 4) is 23.0 Å². The van der Waals surface area contributed by atoms with Crippen LogP contribution in [0.3, 0.4) is 0 Å². The number of aryl methyl sites for hydroxylation is 1. The lowest BCUT2D eigenvalue weighted by molar-refractivity contribution is -0.0890. The SMILES string of the molecule is Cc1ccnc(Cn2c(-c3ccc(OC4CC(C)(O)C4)cc3Cl)nc3c(OC4(C)CC4)ncnc32)c1. The number of nitrogens with zero attached hydrogens (tertiary/aromatic N) is 5. The lowest BCUT2D eigenvalue weighted by atomic mass is 9.79. The van der Waals surface area contributed by atoms with Gasteiger partial charge in [0.1, 0.15) is 29.6 Å². The summed E-state index contributed by atoms with van der Waals surface area (Å²) in [4.78, 5) is 18.5. The Kier molecular flexibility index (Phi) is 5.42. The molecule has 4 aromatic rings. The first-order valence-electron chi connectivity index (χ1n) is 12.2. The Bertz CT molecular complexity index is 1460. The molecule has 2 aliphatic rings. The molecule has 186 valence electrons. The largest absolute Gasteiger partial charge is 0.490 e. The van der Waals surface area contributed by atoms with Crippen LogP contribution >= 0.6 is 11.6 Å². The molecule has 2 saturated carbocycles. The molecule has 0 aliphatic heterocycles. The van der Waals surface area contributed by atoms with Gasteiger partial charge < -0.3 is 19.1 Å². The van der Waals surface area contributed by atoms with E-state index in [1.807, 2.05) is 42.7 Å². The molecule has 0 spiro atoms. The summed E-state index contributed by atoms with van der Waals surface area (Å²) < 4.78 is 14.2. The zero-order valence-corrected chi connectivity index (χ0v) is 21.3. The van der Waals surface area contributed by atoms with E-state index in [0.717, 1.165) is 29.7 Å². The molecule has 1 aromatic carbocycles. The fourth-order valence-corrected chi connectivity index (χ4v) is 4.91. The van der Waals surface area contributed by atoms with Crippen molar-refractivity contribution in [1.29, 1.82) is 0 Å². The minimum absolute atomic E-state index is 0.0161. The van der Waals surface area contributed by atoms with Gasteiger partial charge >= 0.3 is 0 Å². The third kappa shape index (κ3) is 4.51. The number of imidazole rings is 1. The van der Waals surface area contributed by atoms with Crippen LogP contribution in [0.4, 0.5) is 0 Å². The monoisotopic (exact) mass is 505 g/mol. The molecule has 1 N–H and O–H groups in total. The fraction of sp³-hybridized carbons (Fsp3) is 0.407. The smallest absolute Gasteiger partial charge is 0.245 e. The number of fused-ring (bicyclic) bond motifs is 1. The van der Waals surface area contributed by atoms with Crippen LogP contribution in [0.1, 0.15) is 50.8 Å². The van der Waals surface area contributed by atoms with Gasteiger partial charge in [-0.15, -0.1) is 0 Å². The molecule has 0 radical (unpaired) electrons. The number of rotatable bonds is 7. The van der Waals surface area contributed by atoms with Crippen LogP contribution in [0.2, 0.25) is 5.02 Å². The number of aliphatic hydroxyl groups is 1. The van der Waals surface area contributed by atoms with Gasteiger partial charge in [-0.25, -0.2) is 9.97 Å². The topological polar surface area (TPSA) is 95.2 Å². The Morgan fingerprint density at radius 1 is 1.11 bits per heavy atom.